The molecule has 1 saturated heterocycles. The number of hydrogen-bond acceptors (Lipinski definition) is 5. The Morgan fingerprint density at radius 2 is 1.94 bits per heavy atom. The van der Waals surface area contributed by atoms with Crippen LogP contribution >= 0.6 is 35.3 Å². The number of aliphatic imine (C=N–C) groups is 1. The maximum atomic E-state index is 14.8. The molecular formula is C23H36FIN6S. The van der Waals surface area contributed by atoms with Gasteiger partial charge in [-0.05, 0) is 37.1 Å². The van der Waals surface area contributed by atoms with Crippen LogP contribution in [0.3, 0.4) is 0 Å². The van der Waals surface area contributed by atoms with E-state index >= 15 is 0 Å². The Morgan fingerprint density at radius 1 is 1.19 bits per heavy atom. The zero-order valence-electron chi connectivity index (χ0n) is 19.5. The fourth-order valence-electron chi connectivity index (χ4n) is 3.55. The van der Waals surface area contributed by atoms with Gasteiger partial charge < -0.3 is 20.4 Å². The molecule has 1 fully saturated rings. The second kappa shape index (κ2) is 13.3. The number of thiazole rings is 1. The quantitative estimate of drug-likeness (QED) is 0.278. The van der Waals surface area contributed by atoms with Crippen molar-refractivity contribution in [3.8, 4) is 0 Å². The molecule has 3 rings (SSSR count). The molecule has 0 bridgehead atoms. The lowest BCUT2D eigenvalue weighted by Gasteiger charge is -2.35. The van der Waals surface area contributed by atoms with Crippen molar-refractivity contribution in [3.05, 3.63) is 45.7 Å². The van der Waals surface area contributed by atoms with E-state index < -0.39 is 0 Å². The molecule has 0 unspecified atom stereocenters. The zero-order valence-corrected chi connectivity index (χ0v) is 22.7. The number of likely N-dealkylation sites (N-methyl/N-ethyl adjacent to an activating group) is 1. The number of hydrogen-bond donors (Lipinski definition) is 2. The number of nitrogens with zero attached hydrogens (tertiary/aromatic N) is 4. The standard InChI is InChI=1S/C23H35FN6S.HI/c1-5-25-23(27-15-22-28-20(16-31-22)17(3)4)26-14-18-7-8-21(19(24)13-18)30-11-9-29(6-2)10-12-30;/h7-8,13,16-17H,5-6,9-12,14-15H2,1-4H3,(H2,25,26,27);1H. The molecule has 0 aliphatic carbocycles. The molecule has 2 heterocycles. The van der Waals surface area contributed by atoms with E-state index in [0.717, 1.165) is 55.5 Å². The summed E-state index contributed by atoms with van der Waals surface area (Å²) >= 11 is 1.66. The number of nitrogens with one attached hydrogen (secondary N) is 2. The van der Waals surface area contributed by atoms with Gasteiger partial charge in [0.25, 0.3) is 0 Å². The number of guanidine groups is 1. The van der Waals surface area contributed by atoms with Gasteiger partial charge in [-0.15, -0.1) is 35.3 Å². The van der Waals surface area contributed by atoms with Gasteiger partial charge in [-0.25, -0.2) is 14.4 Å². The van der Waals surface area contributed by atoms with Gasteiger partial charge in [0.1, 0.15) is 10.8 Å². The first-order chi connectivity index (χ1) is 15.0. The zero-order chi connectivity index (χ0) is 22.2. The van der Waals surface area contributed by atoms with Gasteiger partial charge in [-0.1, -0.05) is 26.8 Å². The summed E-state index contributed by atoms with van der Waals surface area (Å²) in [5.41, 5.74) is 2.68. The van der Waals surface area contributed by atoms with Crippen LogP contribution in [-0.2, 0) is 13.1 Å². The molecule has 0 atom stereocenters. The van der Waals surface area contributed by atoms with E-state index in [0.29, 0.717) is 30.7 Å². The Labute approximate surface area is 212 Å². The van der Waals surface area contributed by atoms with Crippen LogP contribution in [0.5, 0.6) is 0 Å². The van der Waals surface area contributed by atoms with E-state index in [1.165, 1.54) is 0 Å². The van der Waals surface area contributed by atoms with Gasteiger partial charge in [0.05, 0.1) is 24.5 Å². The molecule has 1 aliphatic heterocycles. The smallest absolute Gasteiger partial charge is 0.191 e. The van der Waals surface area contributed by atoms with Crippen molar-refractivity contribution in [1.82, 2.24) is 20.5 Å². The molecule has 1 aliphatic rings. The first kappa shape index (κ1) is 26.8. The van der Waals surface area contributed by atoms with Gasteiger partial charge in [0.2, 0.25) is 0 Å². The first-order valence-electron chi connectivity index (χ1n) is 11.2. The summed E-state index contributed by atoms with van der Waals surface area (Å²) in [6.07, 6.45) is 0. The van der Waals surface area contributed by atoms with E-state index in [4.69, 9.17) is 0 Å². The molecule has 32 heavy (non-hydrogen) atoms. The van der Waals surface area contributed by atoms with Crippen LogP contribution in [0, 0.1) is 5.82 Å². The van der Waals surface area contributed by atoms with Crippen LogP contribution in [0.2, 0.25) is 0 Å². The highest BCUT2D eigenvalue weighted by molar-refractivity contribution is 14.0. The second-order valence-electron chi connectivity index (χ2n) is 8.08. The summed E-state index contributed by atoms with van der Waals surface area (Å²) < 4.78 is 14.8. The average Bonchev–Trinajstić information content (AvgIpc) is 3.25. The summed E-state index contributed by atoms with van der Waals surface area (Å²) in [5.74, 6) is 0.976. The number of piperazine rings is 1. The summed E-state index contributed by atoms with van der Waals surface area (Å²) in [7, 11) is 0. The molecule has 2 aromatic rings. The number of aromatic nitrogens is 1. The average molecular weight is 575 g/mol. The van der Waals surface area contributed by atoms with E-state index in [2.05, 4.69) is 56.6 Å². The lowest BCUT2D eigenvalue weighted by Crippen LogP contribution is -2.46. The minimum Gasteiger partial charge on any atom is -0.367 e. The monoisotopic (exact) mass is 574 g/mol. The fourth-order valence-corrected chi connectivity index (χ4v) is 4.45. The second-order valence-corrected chi connectivity index (χ2v) is 9.02. The Hall–Kier alpha value is -1.46. The molecule has 2 N–H and O–H groups in total. The lowest BCUT2D eigenvalue weighted by atomic mass is 10.1. The van der Waals surface area contributed by atoms with Crippen LogP contribution in [-0.4, -0.2) is 55.1 Å². The topological polar surface area (TPSA) is 55.8 Å². The van der Waals surface area contributed by atoms with Crippen molar-refractivity contribution in [2.24, 2.45) is 4.99 Å². The molecule has 1 aromatic carbocycles. The highest BCUT2D eigenvalue weighted by atomic mass is 127. The van der Waals surface area contributed by atoms with E-state index in [1.54, 1.807) is 17.4 Å². The molecular weight excluding hydrogens is 538 g/mol. The lowest BCUT2D eigenvalue weighted by molar-refractivity contribution is 0.270. The van der Waals surface area contributed by atoms with Gasteiger partial charge >= 0.3 is 0 Å². The molecule has 6 nitrogen and oxygen atoms in total. The molecule has 1 aromatic heterocycles. The Kier molecular flexibility index (Phi) is 11.1. The molecule has 0 spiro atoms. The van der Waals surface area contributed by atoms with Gasteiger partial charge in [-0.2, -0.15) is 0 Å². The van der Waals surface area contributed by atoms with Crippen LogP contribution in [0.25, 0.3) is 0 Å². The molecule has 0 saturated carbocycles. The predicted octanol–water partition coefficient (Wildman–Crippen LogP) is 4.42. The van der Waals surface area contributed by atoms with Crippen LogP contribution in [0.4, 0.5) is 10.1 Å². The minimum atomic E-state index is -0.167. The van der Waals surface area contributed by atoms with Crippen molar-refractivity contribution in [2.75, 3.05) is 44.2 Å². The number of halogens is 2. The summed E-state index contributed by atoms with van der Waals surface area (Å²) in [4.78, 5) is 13.8. The minimum absolute atomic E-state index is 0. The molecule has 178 valence electrons. The Morgan fingerprint density at radius 3 is 2.53 bits per heavy atom. The van der Waals surface area contributed by atoms with E-state index in [9.17, 15) is 4.39 Å². The van der Waals surface area contributed by atoms with Crippen molar-refractivity contribution in [3.63, 3.8) is 0 Å². The third kappa shape index (κ3) is 7.55. The summed E-state index contributed by atoms with van der Waals surface area (Å²) in [6, 6.07) is 5.49. The maximum Gasteiger partial charge on any atom is 0.191 e. The van der Waals surface area contributed by atoms with Gasteiger partial charge in [0, 0.05) is 38.1 Å². The van der Waals surface area contributed by atoms with E-state index in [1.807, 2.05) is 19.1 Å². The maximum absolute atomic E-state index is 14.8. The summed E-state index contributed by atoms with van der Waals surface area (Å²) in [6.45, 7) is 15.1. The van der Waals surface area contributed by atoms with Crippen LogP contribution < -0.4 is 15.5 Å². The first-order valence-corrected chi connectivity index (χ1v) is 12.1. The van der Waals surface area contributed by atoms with E-state index in [-0.39, 0.29) is 29.8 Å². The van der Waals surface area contributed by atoms with Crippen molar-refractivity contribution in [2.45, 2.75) is 46.7 Å². The Bertz CT molecular complexity index is 864. The summed E-state index contributed by atoms with van der Waals surface area (Å²) in [5, 5.41) is 9.72. The molecule has 0 amide bonds. The normalized spacial score (nSPS) is 15.1. The van der Waals surface area contributed by atoms with Crippen LogP contribution in [0.15, 0.2) is 28.6 Å². The van der Waals surface area contributed by atoms with Crippen molar-refractivity contribution in [1.29, 1.82) is 0 Å². The van der Waals surface area contributed by atoms with Crippen molar-refractivity contribution < 1.29 is 4.39 Å². The third-order valence-corrected chi connectivity index (χ3v) is 6.37. The van der Waals surface area contributed by atoms with Crippen LogP contribution in [0.1, 0.15) is 49.9 Å². The number of rotatable bonds is 8. The van der Waals surface area contributed by atoms with Gasteiger partial charge in [-0.3, -0.25) is 0 Å². The molecule has 9 heteroatoms. The highest BCUT2D eigenvalue weighted by Gasteiger charge is 2.18. The Balaban J connectivity index is 0.00000363. The number of benzene rings is 1. The predicted molar refractivity (Wildman–Crippen MR) is 144 cm³/mol. The van der Waals surface area contributed by atoms with Crippen molar-refractivity contribution >= 4 is 47.0 Å². The third-order valence-electron chi connectivity index (χ3n) is 5.50. The molecule has 0 radical (unpaired) electrons. The number of anilines is 1. The largest absolute Gasteiger partial charge is 0.367 e. The fraction of sp³-hybridized carbons (Fsp3) is 0.565. The van der Waals surface area contributed by atoms with Gasteiger partial charge in [0.15, 0.2) is 5.96 Å². The SMILES string of the molecule is CCNC(=NCc1ccc(N2CCN(CC)CC2)c(F)c1)NCc1nc(C(C)C)cs1.I. The highest BCUT2D eigenvalue weighted by Crippen LogP contribution is 2.22.